The lowest BCUT2D eigenvalue weighted by atomic mass is 10.1. The van der Waals surface area contributed by atoms with Crippen LogP contribution in [0.1, 0.15) is 18.4 Å². The van der Waals surface area contributed by atoms with Crippen LogP contribution in [-0.2, 0) is 4.79 Å². The van der Waals surface area contributed by atoms with Gasteiger partial charge < -0.3 is 20.7 Å². The minimum atomic E-state index is -0.680. The molecule has 0 aliphatic carbocycles. The van der Waals surface area contributed by atoms with Gasteiger partial charge in [-0.1, -0.05) is 17.7 Å². The molecular weight excluding hydrogens is 270 g/mol. The summed E-state index contributed by atoms with van der Waals surface area (Å²) < 4.78 is 5.91. The highest BCUT2D eigenvalue weighted by molar-refractivity contribution is 5.83. The second-order valence-corrected chi connectivity index (χ2v) is 5.23. The van der Waals surface area contributed by atoms with Crippen molar-refractivity contribution in [3.05, 3.63) is 29.8 Å². The summed E-state index contributed by atoms with van der Waals surface area (Å²) in [6, 6.07) is 7.28. The van der Waals surface area contributed by atoms with Gasteiger partial charge in [-0.15, -0.1) is 0 Å². The van der Waals surface area contributed by atoms with Crippen LogP contribution >= 0.6 is 0 Å². The van der Waals surface area contributed by atoms with E-state index in [1.807, 2.05) is 31.2 Å². The van der Waals surface area contributed by atoms with Crippen LogP contribution in [0.5, 0.6) is 5.75 Å². The van der Waals surface area contributed by atoms with Gasteiger partial charge in [0, 0.05) is 25.9 Å². The molecule has 0 bridgehead atoms. The molecule has 1 aliphatic heterocycles. The van der Waals surface area contributed by atoms with E-state index in [0.717, 1.165) is 18.6 Å². The number of piperidine rings is 1. The number of primary amides is 1. The molecular formula is C15H21N3O3. The number of amides is 3. The van der Waals surface area contributed by atoms with Crippen molar-refractivity contribution in [1.29, 1.82) is 0 Å². The van der Waals surface area contributed by atoms with Crippen LogP contribution in [0, 0.1) is 6.92 Å². The molecule has 0 spiro atoms. The third-order valence-electron chi connectivity index (χ3n) is 3.53. The highest BCUT2D eigenvalue weighted by atomic mass is 16.5. The molecule has 2 rings (SSSR count). The lowest BCUT2D eigenvalue weighted by Crippen LogP contribution is -2.46. The number of carbonyl (C=O) groups is 2. The summed E-state index contributed by atoms with van der Waals surface area (Å²) in [5.74, 6) is 0.753. The average Bonchev–Trinajstić information content (AvgIpc) is 2.48. The van der Waals surface area contributed by atoms with Crippen LogP contribution in [0.4, 0.5) is 4.79 Å². The Labute approximate surface area is 124 Å². The van der Waals surface area contributed by atoms with Crippen molar-refractivity contribution in [2.45, 2.75) is 25.9 Å². The van der Waals surface area contributed by atoms with Crippen LogP contribution in [0.15, 0.2) is 24.3 Å². The molecule has 1 aliphatic rings. The maximum absolute atomic E-state index is 11.8. The van der Waals surface area contributed by atoms with E-state index >= 15 is 0 Å². The summed E-state index contributed by atoms with van der Waals surface area (Å²) in [7, 11) is 0. The highest BCUT2D eigenvalue weighted by Crippen LogP contribution is 2.19. The minimum absolute atomic E-state index is 0.0428. The molecule has 1 aromatic carbocycles. The number of rotatable bonds is 4. The third-order valence-corrected chi connectivity index (χ3v) is 3.53. The van der Waals surface area contributed by atoms with Gasteiger partial charge in [0.25, 0.3) is 0 Å². The van der Waals surface area contributed by atoms with Crippen molar-refractivity contribution < 1.29 is 14.3 Å². The fourth-order valence-corrected chi connectivity index (χ4v) is 2.31. The molecule has 3 N–H and O–H groups in total. The Hall–Kier alpha value is -2.24. The van der Waals surface area contributed by atoms with E-state index in [2.05, 4.69) is 5.32 Å². The third kappa shape index (κ3) is 4.66. The van der Waals surface area contributed by atoms with Gasteiger partial charge in [0.15, 0.2) is 0 Å². The van der Waals surface area contributed by atoms with Crippen LogP contribution in [-0.4, -0.2) is 42.6 Å². The highest BCUT2D eigenvalue weighted by Gasteiger charge is 2.23. The van der Waals surface area contributed by atoms with Gasteiger partial charge in [-0.3, -0.25) is 4.79 Å². The SMILES string of the molecule is Cc1ccc(OC2CCN(C(=O)CNC(N)=O)CC2)cc1. The molecule has 114 valence electrons. The number of urea groups is 1. The zero-order valence-corrected chi connectivity index (χ0v) is 12.2. The van der Waals surface area contributed by atoms with E-state index in [9.17, 15) is 9.59 Å². The van der Waals surface area contributed by atoms with Gasteiger partial charge in [-0.25, -0.2) is 4.79 Å². The molecule has 1 saturated heterocycles. The number of nitrogens with two attached hydrogens (primary N) is 1. The Morgan fingerprint density at radius 1 is 1.29 bits per heavy atom. The van der Waals surface area contributed by atoms with Crippen LogP contribution in [0.2, 0.25) is 0 Å². The minimum Gasteiger partial charge on any atom is -0.490 e. The van der Waals surface area contributed by atoms with Crippen LogP contribution in [0.3, 0.4) is 0 Å². The summed E-state index contributed by atoms with van der Waals surface area (Å²) in [5.41, 5.74) is 6.15. The van der Waals surface area contributed by atoms with E-state index in [4.69, 9.17) is 10.5 Å². The van der Waals surface area contributed by atoms with Gasteiger partial charge in [0.05, 0.1) is 6.54 Å². The van der Waals surface area contributed by atoms with E-state index in [1.165, 1.54) is 5.56 Å². The Balaban J connectivity index is 1.76. The first-order valence-electron chi connectivity index (χ1n) is 7.09. The van der Waals surface area contributed by atoms with Gasteiger partial charge >= 0.3 is 6.03 Å². The quantitative estimate of drug-likeness (QED) is 0.869. The van der Waals surface area contributed by atoms with Gasteiger partial charge in [0.1, 0.15) is 11.9 Å². The van der Waals surface area contributed by atoms with Crippen molar-refractivity contribution in [1.82, 2.24) is 10.2 Å². The number of hydrogen-bond acceptors (Lipinski definition) is 3. The van der Waals surface area contributed by atoms with Crippen molar-refractivity contribution in [3.63, 3.8) is 0 Å². The molecule has 0 unspecified atom stereocenters. The van der Waals surface area contributed by atoms with Crippen LogP contribution in [0.25, 0.3) is 0 Å². The molecule has 3 amide bonds. The summed E-state index contributed by atoms with van der Waals surface area (Å²) in [4.78, 5) is 24.1. The Morgan fingerprint density at radius 3 is 2.48 bits per heavy atom. The topological polar surface area (TPSA) is 84.7 Å². The molecule has 1 fully saturated rings. The van der Waals surface area contributed by atoms with Crippen molar-refractivity contribution in [2.24, 2.45) is 5.73 Å². The molecule has 21 heavy (non-hydrogen) atoms. The van der Waals surface area contributed by atoms with E-state index in [1.54, 1.807) is 4.90 Å². The molecule has 1 heterocycles. The Bertz CT molecular complexity index is 493. The fraction of sp³-hybridized carbons (Fsp3) is 0.467. The van der Waals surface area contributed by atoms with Crippen molar-refractivity contribution in [2.75, 3.05) is 19.6 Å². The summed E-state index contributed by atoms with van der Waals surface area (Å²) >= 11 is 0. The first-order chi connectivity index (χ1) is 10.0. The normalized spacial score (nSPS) is 15.6. The number of carbonyl (C=O) groups excluding carboxylic acids is 2. The number of nitrogens with one attached hydrogen (secondary N) is 1. The van der Waals surface area contributed by atoms with Gasteiger partial charge in [-0.05, 0) is 19.1 Å². The maximum Gasteiger partial charge on any atom is 0.312 e. The summed E-state index contributed by atoms with van der Waals surface area (Å²) in [5, 5.41) is 2.32. The lowest BCUT2D eigenvalue weighted by molar-refractivity contribution is -0.131. The van der Waals surface area contributed by atoms with Crippen LogP contribution < -0.4 is 15.8 Å². The zero-order valence-electron chi connectivity index (χ0n) is 12.2. The monoisotopic (exact) mass is 291 g/mol. The number of benzene rings is 1. The average molecular weight is 291 g/mol. The second kappa shape index (κ2) is 6.97. The molecule has 0 aromatic heterocycles. The molecule has 6 nitrogen and oxygen atoms in total. The summed E-state index contributed by atoms with van der Waals surface area (Å²) in [6.45, 7) is 3.26. The first-order valence-corrected chi connectivity index (χ1v) is 7.09. The second-order valence-electron chi connectivity index (χ2n) is 5.23. The molecule has 1 aromatic rings. The maximum atomic E-state index is 11.8. The zero-order chi connectivity index (χ0) is 15.2. The smallest absolute Gasteiger partial charge is 0.312 e. The predicted octanol–water partition coefficient (Wildman–Crippen LogP) is 1.03. The Kier molecular flexibility index (Phi) is 5.03. The Morgan fingerprint density at radius 2 is 1.90 bits per heavy atom. The van der Waals surface area contributed by atoms with Gasteiger partial charge in [-0.2, -0.15) is 0 Å². The lowest BCUT2D eigenvalue weighted by Gasteiger charge is -2.32. The number of nitrogens with zero attached hydrogens (tertiary/aromatic N) is 1. The molecule has 6 heteroatoms. The molecule has 0 atom stereocenters. The molecule has 0 radical (unpaired) electrons. The van der Waals surface area contributed by atoms with E-state index < -0.39 is 6.03 Å². The number of ether oxygens (including phenoxy) is 1. The molecule has 0 saturated carbocycles. The number of aryl methyl sites for hydroxylation is 1. The number of likely N-dealkylation sites (tertiary alicyclic amines) is 1. The van der Waals surface area contributed by atoms with Gasteiger partial charge in [0.2, 0.25) is 5.91 Å². The van der Waals surface area contributed by atoms with Crippen molar-refractivity contribution >= 4 is 11.9 Å². The van der Waals surface area contributed by atoms with E-state index in [0.29, 0.717) is 13.1 Å². The van der Waals surface area contributed by atoms with E-state index in [-0.39, 0.29) is 18.6 Å². The number of hydrogen-bond donors (Lipinski definition) is 2. The first kappa shape index (κ1) is 15.2. The predicted molar refractivity (Wildman–Crippen MR) is 79.0 cm³/mol. The largest absolute Gasteiger partial charge is 0.490 e. The van der Waals surface area contributed by atoms with Crippen molar-refractivity contribution in [3.8, 4) is 5.75 Å². The fourth-order valence-electron chi connectivity index (χ4n) is 2.31. The summed E-state index contributed by atoms with van der Waals surface area (Å²) in [6.07, 6.45) is 1.70. The standard InChI is InChI=1S/C15H21N3O3/c1-11-2-4-12(5-3-11)21-13-6-8-18(9-7-13)14(19)10-17-15(16)20/h2-5,13H,6-10H2,1H3,(H3,16,17,20).